The van der Waals surface area contributed by atoms with Gasteiger partial charge in [-0.25, -0.2) is 9.59 Å². The SMILES string of the molecule is O=C(O)/C=C(\C(=O)O)C1CCCN1. The molecule has 0 bridgehead atoms. The lowest BCUT2D eigenvalue weighted by Gasteiger charge is -2.09. The van der Waals surface area contributed by atoms with Crippen molar-refractivity contribution in [1.29, 1.82) is 0 Å². The number of hydrogen-bond donors (Lipinski definition) is 3. The molecule has 1 rings (SSSR count). The summed E-state index contributed by atoms with van der Waals surface area (Å²) in [5.41, 5.74) is -0.0648. The number of nitrogens with one attached hydrogen (secondary N) is 1. The van der Waals surface area contributed by atoms with Crippen LogP contribution in [-0.2, 0) is 9.59 Å². The quantitative estimate of drug-likeness (QED) is 0.531. The van der Waals surface area contributed by atoms with E-state index in [4.69, 9.17) is 10.2 Å². The van der Waals surface area contributed by atoms with E-state index in [1.165, 1.54) is 0 Å². The molecule has 1 aliphatic heterocycles. The maximum absolute atomic E-state index is 10.7. The summed E-state index contributed by atoms with van der Waals surface area (Å²) in [5.74, 6) is -2.38. The van der Waals surface area contributed by atoms with Gasteiger partial charge < -0.3 is 15.5 Å². The molecule has 0 saturated carbocycles. The Morgan fingerprint density at radius 3 is 2.46 bits per heavy atom. The first-order chi connectivity index (χ1) is 6.11. The van der Waals surface area contributed by atoms with E-state index in [1.807, 2.05) is 0 Å². The highest BCUT2D eigenvalue weighted by molar-refractivity contribution is 5.95. The van der Waals surface area contributed by atoms with Gasteiger partial charge >= 0.3 is 11.9 Å². The lowest BCUT2D eigenvalue weighted by Crippen LogP contribution is -2.28. The van der Waals surface area contributed by atoms with Gasteiger partial charge in [0.05, 0.1) is 5.57 Å². The average Bonchev–Trinajstić information content (AvgIpc) is 2.50. The number of carbonyl (C=O) groups is 2. The smallest absolute Gasteiger partial charge is 0.333 e. The Kier molecular flexibility index (Phi) is 3.02. The molecule has 1 unspecified atom stereocenters. The molecule has 0 amide bonds. The number of rotatable bonds is 3. The summed E-state index contributed by atoms with van der Waals surface area (Å²) in [6, 6.07) is -0.311. The molecule has 3 N–H and O–H groups in total. The molecule has 0 spiro atoms. The average molecular weight is 185 g/mol. The van der Waals surface area contributed by atoms with Crippen molar-refractivity contribution >= 4 is 11.9 Å². The Bertz CT molecular complexity index is 253. The van der Waals surface area contributed by atoms with Crippen molar-refractivity contribution in [1.82, 2.24) is 5.32 Å². The van der Waals surface area contributed by atoms with E-state index in [0.29, 0.717) is 6.42 Å². The van der Waals surface area contributed by atoms with Crippen LogP contribution in [0.5, 0.6) is 0 Å². The molecule has 1 atom stereocenters. The predicted molar refractivity (Wildman–Crippen MR) is 44.4 cm³/mol. The van der Waals surface area contributed by atoms with Crippen LogP contribution in [0.2, 0.25) is 0 Å². The molecule has 1 heterocycles. The van der Waals surface area contributed by atoms with Crippen molar-refractivity contribution in [2.24, 2.45) is 0 Å². The zero-order valence-electron chi connectivity index (χ0n) is 6.99. The fourth-order valence-electron chi connectivity index (χ4n) is 1.39. The Morgan fingerprint density at radius 1 is 1.38 bits per heavy atom. The molecule has 1 fully saturated rings. The zero-order chi connectivity index (χ0) is 9.84. The first-order valence-electron chi connectivity index (χ1n) is 4.02. The topological polar surface area (TPSA) is 86.6 Å². The summed E-state index contributed by atoms with van der Waals surface area (Å²) in [6.45, 7) is 0.745. The van der Waals surface area contributed by atoms with E-state index in [1.54, 1.807) is 0 Å². The lowest BCUT2D eigenvalue weighted by molar-refractivity contribution is -0.135. The summed E-state index contributed by atoms with van der Waals surface area (Å²) in [6.07, 6.45) is 2.33. The maximum Gasteiger partial charge on any atom is 0.333 e. The molecule has 1 saturated heterocycles. The Labute approximate surface area is 75.1 Å². The zero-order valence-corrected chi connectivity index (χ0v) is 6.99. The summed E-state index contributed by atoms with van der Waals surface area (Å²) in [7, 11) is 0. The molecule has 0 radical (unpaired) electrons. The third kappa shape index (κ3) is 2.55. The summed E-state index contributed by atoms with van der Waals surface area (Å²) >= 11 is 0. The molecule has 72 valence electrons. The molecule has 0 aliphatic carbocycles. The second kappa shape index (κ2) is 4.04. The van der Waals surface area contributed by atoms with Gasteiger partial charge in [0.2, 0.25) is 0 Å². The van der Waals surface area contributed by atoms with Crippen LogP contribution in [0.15, 0.2) is 11.6 Å². The van der Waals surface area contributed by atoms with Crippen molar-refractivity contribution < 1.29 is 19.8 Å². The highest BCUT2D eigenvalue weighted by atomic mass is 16.4. The van der Waals surface area contributed by atoms with Crippen LogP contribution >= 0.6 is 0 Å². The Morgan fingerprint density at radius 2 is 2.08 bits per heavy atom. The fourth-order valence-corrected chi connectivity index (χ4v) is 1.39. The molecule has 13 heavy (non-hydrogen) atoms. The largest absolute Gasteiger partial charge is 0.478 e. The van der Waals surface area contributed by atoms with Gasteiger partial charge in [-0.2, -0.15) is 0 Å². The molecule has 0 aromatic heterocycles. The van der Waals surface area contributed by atoms with E-state index < -0.39 is 11.9 Å². The van der Waals surface area contributed by atoms with Gasteiger partial charge in [0, 0.05) is 12.1 Å². The molecule has 5 nitrogen and oxygen atoms in total. The molecular formula is C8H11NO4. The van der Waals surface area contributed by atoms with E-state index in [9.17, 15) is 9.59 Å². The van der Waals surface area contributed by atoms with Crippen LogP contribution in [0.1, 0.15) is 12.8 Å². The van der Waals surface area contributed by atoms with Gasteiger partial charge in [0.25, 0.3) is 0 Å². The van der Waals surface area contributed by atoms with Crippen molar-refractivity contribution in [2.75, 3.05) is 6.54 Å². The number of aliphatic carboxylic acids is 2. The van der Waals surface area contributed by atoms with Gasteiger partial charge in [-0.15, -0.1) is 0 Å². The van der Waals surface area contributed by atoms with Gasteiger partial charge in [0.1, 0.15) is 0 Å². The first-order valence-corrected chi connectivity index (χ1v) is 4.02. The van der Waals surface area contributed by atoms with Crippen molar-refractivity contribution in [3.63, 3.8) is 0 Å². The van der Waals surface area contributed by atoms with Crippen LogP contribution in [-0.4, -0.2) is 34.7 Å². The molecule has 0 aromatic carbocycles. The minimum Gasteiger partial charge on any atom is -0.478 e. The van der Waals surface area contributed by atoms with Crippen molar-refractivity contribution in [2.45, 2.75) is 18.9 Å². The monoisotopic (exact) mass is 185 g/mol. The van der Waals surface area contributed by atoms with Crippen LogP contribution in [0.25, 0.3) is 0 Å². The lowest BCUT2D eigenvalue weighted by atomic mass is 10.1. The molecule has 5 heteroatoms. The fraction of sp³-hybridized carbons (Fsp3) is 0.500. The van der Waals surface area contributed by atoms with E-state index in [-0.39, 0.29) is 11.6 Å². The molecule has 0 aromatic rings. The van der Waals surface area contributed by atoms with E-state index >= 15 is 0 Å². The Hall–Kier alpha value is -1.36. The number of carboxylic acid groups (broad SMARTS) is 2. The van der Waals surface area contributed by atoms with Gasteiger partial charge in [0.15, 0.2) is 0 Å². The van der Waals surface area contributed by atoms with Crippen molar-refractivity contribution in [3.05, 3.63) is 11.6 Å². The maximum atomic E-state index is 10.7. The number of hydrogen-bond acceptors (Lipinski definition) is 3. The summed E-state index contributed by atoms with van der Waals surface area (Å²) < 4.78 is 0. The van der Waals surface area contributed by atoms with E-state index in [0.717, 1.165) is 19.0 Å². The minimum atomic E-state index is -1.22. The van der Waals surface area contributed by atoms with Gasteiger partial charge in [-0.3, -0.25) is 0 Å². The highest BCUT2D eigenvalue weighted by Crippen LogP contribution is 2.14. The second-order valence-electron chi connectivity index (χ2n) is 2.89. The second-order valence-corrected chi connectivity index (χ2v) is 2.89. The standard InChI is InChI=1S/C8H11NO4/c10-7(11)4-5(8(12)13)6-2-1-3-9-6/h4,6,9H,1-3H2,(H,10,11)(H,12,13)/b5-4-. The van der Waals surface area contributed by atoms with Crippen LogP contribution in [0.3, 0.4) is 0 Å². The third-order valence-corrected chi connectivity index (χ3v) is 1.96. The summed E-state index contributed by atoms with van der Waals surface area (Å²) in [4.78, 5) is 21.0. The molecule has 1 aliphatic rings. The van der Waals surface area contributed by atoms with Gasteiger partial charge in [-0.05, 0) is 19.4 Å². The van der Waals surface area contributed by atoms with Crippen molar-refractivity contribution in [3.8, 4) is 0 Å². The number of carboxylic acids is 2. The third-order valence-electron chi connectivity index (χ3n) is 1.96. The van der Waals surface area contributed by atoms with Crippen LogP contribution in [0.4, 0.5) is 0 Å². The van der Waals surface area contributed by atoms with E-state index in [2.05, 4.69) is 5.32 Å². The predicted octanol–water partition coefficient (Wildman–Crippen LogP) is -0.166. The first kappa shape index (κ1) is 9.73. The minimum absolute atomic E-state index is 0.0648. The molecular weight excluding hydrogens is 174 g/mol. The summed E-state index contributed by atoms with van der Waals surface area (Å²) in [5, 5.41) is 20.1. The van der Waals surface area contributed by atoms with Crippen LogP contribution < -0.4 is 5.32 Å². The normalized spacial score (nSPS) is 23.1. The highest BCUT2D eigenvalue weighted by Gasteiger charge is 2.24. The van der Waals surface area contributed by atoms with Crippen LogP contribution in [0, 0.1) is 0 Å². The Balaban J connectivity index is 2.78. The van der Waals surface area contributed by atoms with Gasteiger partial charge in [-0.1, -0.05) is 0 Å².